The lowest BCUT2D eigenvalue weighted by atomic mass is 10.0. The second-order valence-corrected chi connectivity index (χ2v) is 9.18. The maximum Gasteiger partial charge on any atom is 0.647 e. The summed E-state index contributed by atoms with van der Waals surface area (Å²) in [6.45, 7) is 6.17. The van der Waals surface area contributed by atoms with E-state index >= 15 is 0 Å². The molecule has 31 heavy (non-hydrogen) atoms. The summed E-state index contributed by atoms with van der Waals surface area (Å²) in [5, 5.41) is 1.81. The van der Waals surface area contributed by atoms with Crippen molar-refractivity contribution in [3.8, 4) is 17.2 Å². The van der Waals surface area contributed by atoms with Crippen molar-refractivity contribution in [2.45, 2.75) is 26.7 Å². The van der Waals surface area contributed by atoms with Gasteiger partial charge in [0.25, 0.3) is 0 Å². The van der Waals surface area contributed by atoms with Gasteiger partial charge in [-0.05, 0) is 59.7 Å². The molecule has 1 unspecified atom stereocenters. The number of phosphoric acid groups is 1. The molecule has 0 aliphatic carbocycles. The molecule has 0 bridgehead atoms. The van der Waals surface area contributed by atoms with E-state index in [9.17, 15) is 4.57 Å². The van der Waals surface area contributed by atoms with Gasteiger partial charge in [-0.3, -0.25) is 0 Å². The number of phosphoric ester groups is 1. The van der Waals surface area contributed by atoms with E-state index in [0.29, 0.717) is 23.2 Å². The van der Waals surface area contributed by atoms with Gasteiger partial charge in [0.1, 0.15) is 17.2 Å². The van der Waals surface area contributed by atoms with E-state index in [1.807, 2.05) is 67.6 Å². The molecule has 0 aliphatic rings. The Labute approximate surface area is 183 Å². The minimum Gasteiger partial charge on any atom is -0.386 e. The zero-order valence-corrected chi connectivity index (χ0v) is 18.7. The van der Waals surface area contributed by atoms with Gasteiger partial charge < -0.3 is 13.6 Å². The minimum atomic E-state index is -4.05. The van der Waals surface area contributed by atoms with Gasteiger partial charge in [-0.15, -0.1) is 0 Å². The second kappa shape index (κ2) is 8.87. The summed E-state index contributed by atoms with van der Waals surface area (Å²) in [4.78, 5) is 0. The highest BCUT2D eigenvalue weighted by atomic mass is 31.2. The average molecular weight is 432 g/mol. The molecule has 4 aromatic carbocycles. The van der Waals surface area contributed by atoms with Gasteiger partial charge in [-0.2, -0.15) is 4.57 Å². The zero-order chi connectivity index (χ0) is 21.8. The Morgan fingerprint density at radius 1 is 0.710 bits per heavy atom. The molecule has 1 atom stereocenters. The van der Waals surface area contributed by atoms with Crippen molar-refractivity contribution in [2.24, 2.45) is 0 Å². The molecule has 158 valence electrons. The maximum absolute atomic E-state index is 13.8. The Balaban J connectivity index is 1.70. The first kappa shape index (κ1) is 21.0. The summed E-state index contributed by atoms with van der Waals surface area (Å²) in [5.41, 5.74) is 2.15. The number of aryl methyl sites for hydroxylation is 1. The fourth-order valence-electron chi connectivity index (χ4n) is 3.30. The van der Waals surface area contributed by atoms with Crippen molar-refractivity contribution < 1.29 is 18.1 Å². The van der Waals surface area contributed by atoms with Crippen LogP contribution < -0.4 is 13.6 Å². The molecule has 0 heterocycles. The maximum atomic E-state index is 13.8. The van der Waals surface area contributed by atoms with Crippen molar-refractivity contribution in [3.63, 3.8) is 0 Å². The monoisotopic (exact) mass is 432 g/mol. The molecule has 0 N–H and O–H groups in total. The van der Waals surface area contributed by atoms with E-state index in [1.165, 1.54) is 0 Å². The predicted molar refractivity (Wildman–Crippen MR) is 125 cm³/mol. The average Bonchev–Trinajstić information content (AvgIpc) is 2.74. The van der Waals surface area contributed by atoms with E-state index in [2.05, 4.69) is 13.8 Å². The van der Waals surface area contributed by atoms with Crippen molar-refractivity contribution >= 4 is 18.6 Å². The van der Waals surface area contributed by atoms with E-state index in [4.69, 9.17) is 13.6 Å². The van der Waals surface area contributed by atoms with E-state index in [0.717, 1.165) is 21.9 Å². The largest absolute Gasteiger partial charge is 0.647 e. The summed E-state index contributed by atoms with van der Waals surface area (Å²) in [5.74, 6) is 1.66. The summed E-state index contributed by atoms with van der Waals surface area (Å²) in [6, 6.07) is 28.1. The van der Waals surface area contributed by atoms with Gasteiger partial charge in [0, 0.05) is 5.39 Å². The van der Waals surface area contributed by atoms with Crippen LogP contribution in [0.15, 0.2) is 91.0 Å². The van der Waals surface area contributed by atoms with Gasteiger partial charge in [0.2, 0.25) is 0 Å². The quantitative estimate of drug-likeness (QED) is 0.278. The number of fused-ring (bicyclic) bond motifs is 1. The summed E-state index contributed by atoms with van der Waals surface area (Å²) in [7, 11) is -4.05. The van der Waals surface area contributed by atoms with Crippen LogP contribution in [0.1, 0.15) is 30.9 Å². The number of benzene rings is 4. The lowest BCUT2D eigenvalue weighted by Crippen LogP contribution is -2.08. The predicted octanol–water partition coefficient (Wildman–Crippen LogP) is 7.92. The molecule has 0 radical (unpaired) electrons. The molecule has 4 nitrogen and oxygen atoms in total. The lowest BCUT2D eigenvalue weighted by Gasteiger charge is -2.20. The van der Waals surface area contributed by atoms with Gasteiger partial charge in [-0.25, -0.2) is 0 Å². The molecule has 0 saturated carbocycles. The van der Waals surface area contributed by atoms with E-state index in [1.54, 1.807) is 30.3 Å². The minimum absolute atomic E-state index is 0.385. The van der Waals surface area contributed by atoms with Crippen LogP contribution in [0.3, 0.4) is 0 Å². The topological polar surface area (TPSA) is 44.8 Å². The molecular formula is C26H25O4P. The van der Waals surface area contributed by atoms with Crippen molar-refractivity contribution in [1.29, 1.82) is 0 Å². The number of hydrogen-bond acceptors (Lipinski definition) is 4. The molecule has 0 aliphatic heterocycles. The molecule has 0 amide bonds. The van der Waals surface area contributed by atoms with Gasteiger partial charge in [0.05, 0.1) is 0 Å². The molecule has 0 spiro atoms. The van der Waals surface area contributed by atoms with Crippen LogP contribution in [0.5, 0.6) is 17.2 Å². The van der Waals surface area contributed by atoms with Crippen molar-refractivity contribution in [3.05, 3.63) is 102 Å². The fraction of sp³-hybridized carbons (Fsp3) is 0.154. The summed E-state index contributed by atoms with van der Waals surface area (Å²) in [6.07, 6.45) is 0. The highest BCUT2D eigenvalue weighted by molar-refractivity contribution is 7.49. The third kappa shape index (κ3) is 5.10. The smallest absolute Gasteiger partial charge is 0.386 e. The van der Waals surface area contributed by atoms with Crippen LogP contribution in [-0.4, -0.2) is 0 Å². The Morgan fingerprint density at radius 2 is 1.39 bits per heavy atom. The Bertz CT molecular complexity index is 1230. The molecule has 0 fully saturated rings. The van der Waals surface area contributed by atoms with E-state index < -0.39 is 7.82 Å². The number of hydrogen-bond donors (Lipinski definition) is 0. The normalized spacial score (nSPS) is 13.0. The lowest BCUT2D eigenvalue weighted by molar-refractivity contribution is 0.299. The van der Waals surface area contributed by atoms with Crippen LogP contribution >= 0.6 is 7.82 Å². The van der Waals surface area contributed by atoms with Crippen LogP contribution in [0, 0.1) is 6.92 Å². The Kier molecular flexibility index (Phi) is 6.01. The van der Waals surface area contributed by atoms with Crippen molar-refractivity contribution in [2.75, 3.05) is 0 Å². The van der Waals surface area contributed by atoms with Gasteiger partial charge >= 0.3 is 7.82 Å². The summed E-state index contributed by atoms with van der Waals surface area (Å²) < 4.78 is 31.5. The van der Waals surface area contributed by atoms with Crippen LogP contribution in [-0.2, 0) is 4.57 Å². The highest BCUT2D eigenvalue weighted by Gasteiger charge is 2.34. The third-order valence-electron chi connectivity index (χ3n) is 4.93. The first-order valence-electron chi connectivity index (χ1n) is 10.3. The summed E-state index contributed by atoms with van der Waals surface area (Å²) >= 11 is 0. The zero-order valence-electron chi connectivity index (χ0n) is 17.8. The molecule has 4 rings (SSSR count). The first-order valence-corrected chi connectivity index (χ1v) is 11.7. The van der Waals surface area contributed by atoms with Crippen LogP contribution in [0.25, 0.3) is 10.8 Å². The third-order valence-corrected chi connectivity index (χ3v) is 6.22. The molecule has 5 heteroatoms. The highest BCUT2D eigenvalue weighted by Crippen LogP contribution is 2.51. The van der Waals surface area contributed by atoms with Gasteiger partial charge in [0.15, 0.2) is 0 Å². The standard InChI is InChI=1S/C26H25O4P/c1-19(2)21-14-16-23(17-15-21)28-31(27,29-24-11-6-8-20(3)18-24)30-26-13-7-10-22-9-4-5-12-25(22)26/h4-19H,1-3H3. The number of rotatable bonds is 7. The Hall–Kier alpha value is -3.23. The van der Waals surface area contributed by atoms with Crippen LogP contribution in [0.4, 0.5) is 0 Å². The molecule has 4 aromatic rings. The SMILES string of the molecule is Cc1cccc(OP(=O)(Oc2ccc(C(C)C)cc2)Oc2cccc3ccccc23)c1. The van der Waals surface area contributed by atoms with Gasteiger partial charge in [-0.1, -0.05) is 74.5 Å². The second-order valence-electron chi connectivity index (χ2n) is 7.74. The first-order chi connectivity index (χ1) is 14.9. The fourth-order valence-corrected chi connectivity index (χ4v) is 4.56. The molecular weight excluding hydrogens is 407 g/mol. The van der Waals surface area contributed by atoms with E-state index in [-0.39, 0.29) is 0 Å². The molecule has 0 saturated heterocycles. The Morgan fingerprint density at radius 3 is 2.13 bits per heavy atom. The van der Waals surface area contributed by atoms with Crippen LogP contribution in [0.2, 0.25) is 0 Å². The van der Waals surface area contributed by atoms with Crippen molar-refractivity contribution in [1.82, 2.24) is 0 Å². The molecule has 0 aromatic heterocycles.